The number of anilines is 1. The SMILES string of the molecule is Cc1nc(C2CCN(C(=O)Oc3ccccc3)CC2)ccc1N. The molecule has 0 saturated carbocycles. The molecule has 1 aliphatic rings. The number of pyridine rings is 1. The van der Waals surface area contributed by atoms with Crippen molar-refractivity contribution in [1.29, 1.82) is 0 Å². The third kappa shape index (κ3) is 3.62. The molecule has 2 heterocycles. The van der Waals surface area contributed by atoms with Crippen LogP contribution in [-0.4, -0.2) is 29.1 Å². The maximum Gasteiger partial charge on any atom is 0.415 e. The zero-order valence-electron chi connectivity index (χ0n) is 13.2. The number of aryl methyl sites for hydroxylation is 1. The van der Waals surface area contributed by atoms with Gasteiger partial charge < -0.3 is 15.4 Å². The van der Waals surface area contributed by atoms with E-state index in [2.05, 4.69) is 4.98 Å². The first-order valence-electron chi connectivity index (χ1n) is 7.88. The van der Waals surface area contributed by atoms with Crippen LogP contribution in [0.25, 0.3) is 0 Å². The predicted molar refractivity (Wildman–Crippen MR) is 89.4 cm³/mol. The van der Waals surface area contributed by atoms with Gasteiger partial charge in [-0.2, -0.15) is 0 Å². The van der Waals surface area contributed by atoms with Crippen LogP contribution in [0.2, 0.25) is 0 Å². The molecule has 1 aromatic heterocycles. The molecule has 1 aliphatic heterocycles. The second-order valence-corrected chi connectivity index (χ2v) is 5.85. The Morgan fingerprint density at radius 1 is 1.17 bits per heavy atom. The fourth-order valence-electron chi connectivity index (χ4n) is 2.83. The predicted octanol–water partition coefficient (Wildman–Crippen LogP) is 3.35. The minimum Gasteiger partial charge on any atom is -0.410 e. The number of nitrogens with zero attached hydrogens (tertiary/aromatic N) is 2. The Bertz CT molecular complexity index is 680. The monoisotopic (exact) mass is 311 g/mol. The van der Waals surface area contributed by atoms with Crippen LogP contribution < -0.4 is 10.5 Å². The molecule has 1 fully saturated rings. The first-order valence-corrected chi connectivity index (χ1v) is 7.88. The summed E-state index contributed by atoms with van der Waals surface area (Å²) in [6.07, 6.45) is 1.50. The lowest BCUT2D eigenvalue weighted by molar-refractivity contribution is 0.138. The molecule has 0 spiro atoms. The van der Waals surface area contributed by atoms with Gasteiger partial charge in [0, 0.05) is 24.7 Å². The number of ether oxygens (including phenoxy) is 1. The van der Waals surface area contributed by atoms with Gasteiger partial charge in [0.15, 0.2) is 0 Å². The van der Waals surface area contributed by atoms with Crippen molar-refractivity contribution in [1.82, 2.24) is 9.88 Å². The van der Waals surface area contributed by atoms with E-state index in [-0.39, 0.29) is 6.09 Å². The largest absolute Gasteiger partial charge is 0.415 e. The maximum atomic E-state index is 12.2. The van der Waals surface area contributed by atoms with Crippen molar-refractivity contribution in [2.24, 2.45) is 0 Å². The third-order valence-electron chi connectivity index (χ3n) is 4.27. The van der Waals surface area contributed by atoms with Crippen molar-refractivity contribution in [3.8, 4) is 5.75 Å². The number of nitrogens with two attached hydrogens (primary N) is 1. The zero-order chi connectivity index (χ0) is 16.2. The molecular formula is C18H21N3O2. The molecule has 5 heteroatoms. The van der Waals surface area contributed by atoms with Crippen molar-refractivity contribution in [2.75, 3.05) is 18.8 Å². The van der Waals surface area contributed by atoms with Crippen molar-refractivity contribution in [3.63, 3.8) is 0 Å². The van der Waals surface area contributed by atoms with Crippen molar-refractivity contribution < 1.29 is 9.53 Å². The molecule has 2 N–H and O–H groups in total. The Labute approximate surface area is 136 Å². The fraction of sp³-hybridized carbons (Fsp3) is 0.333. The van der Waals surface area contributed by atoms with E-state index in [4.69, 9.17) is 10.5 Å². The normalized spacial score (nSPS) is 15.4. The van der Waals surface area contributed by atoms with Gasteiger partial charge in [0.2, 0.25) is 0 Å². The summed E-state index contributed by atoms with van der Waals surface area (Å²) < 4.78 is 5.38. The number of hydrogen-bond donors (Lipinski definition) is 1. The van der Waals surface area contributed by atoms with Gasteiger partial charge in [-0.1, -0.05) is 18.2 Å². The lowest BCUT2D eigenvalue weighted by Gasteiger charge is -2.31. The Hall–Kier alpha value is -2.56. The lowest BCUT2D eigenvalue weighted by atomic mass is 9.93. The van der Waals surface area contributed by atoms with Crippen LogP contribution in [0, 0.1) is 6.92 Å². The molecule has 1 aromatic carbocycles. The highest BCUT2D eigenvalue weighted by molar-refractivity contribution is 5.70. The van der Waals surface area contributed by atoms with E-state index >= 15 is 0 Å². The van der Waals surface area contributed by atoms with Gasteiger partial charge in [0.05, 0.1) is 11.4 Å². The van der Waals surface area contributed by atoms with Gasteiger partial charge >= 0.3 is 6.09 Å². The minimum absolute atomic E-state index is 0.281. The molecule has 0 unspecified atom stereocenters. The highest BCUT2D eigenvalue weighted by Gasteiger charge is 2.25. The first kappa shape index (κ1) is 15.3. The highest BCUT2D eigenvalue weighted by Crippen LogP contribution is 2.28. The van der Waals surface area contributed by atoms with Gasteiger partial charge in [0.1, 0.15) is 5.75 Å². The minimum atomic E-state index is -0.281. The smallest absolute Gasteiger partial charge is 0.410 e. The fourth-order valence-corrected chi connectivity index (χ4v) is 2.83. The number of likely N-dealkylation sites (tertiary alicyclic amines) is 1. The summed E-state index contributed by atoms with van der Waals surface area (Å²) in [7, 11) is 0. The molecule has 120 valence electrons. The average molecular weight is 311 g/mol. The van der Waals surface area contributed by atoms with Crippen LogP contribution in [0.1, 0.15) is 30.1 Å². The molecule has 0 radical (unpaired) electrons. The van der Waals surface area contributed by atoms with Crippen LogP contribution in [0.5, 0.6) is 5.75 Å². The number of nitrogen functional groups attached to an aromatic ring is 1. The molecule has 0 atom stereocenters. The Kier molecular flexibility index (Phi) is 4.46. The number of carbonyl (C=O) groups excluding carboxylic acids is 1. The van der Waals surface area contributed by atoms with Crippen molar-refractivity contribution in [2.45, 2.75) is 25.7 Å². The summed E-state index contributed by atoms with van der Waals surface area (Å²) in [5.41, 5.74) is 8.47. The Morgan fingerprint density at radius 2 is 1.87 bits per heavy atom. The summed E-state index contributed by atoms with van der Waals surface area (Å²) in [6, 6.07) is 13.1. The number of hydrogen-bond acceptors (Lipinski definition) is 4. The second-order valence-electron chi connectivity index (χ2n) is 5.85. The zero-order valence-corrected chi connectivity index (χ0v) is 13.2. The molecule has 1 saturated heterocycles. The van der Waals surface area contributed by atoms with E-state index in [0.717, 1.165) is 29.9 Å². The average Bonchev–Trinajstić information content (AvgIpc) is 2.58. The number of amides is 1. The topological polar surface area (TPSA) is 68.5 Å². The molecule has 0 bridgehead atoms. The molecule has 3 rings (SSSR count). The van der Waals surface area contributed by atoms with Gasteiger partial charge in [-0.15, -0.1) is 0 Å². The quantitative estimate of drug-likeness (QED) is 0.923. The molecule has 1 amide bonds. The second kappa shape index (κ2) is 6.69. The van der Waals surface area contributed by atoms with Crippen LogP contribution in [0.3, 0.4) is 0 Å². The molecule has 5 nitrogen and oxygen atoms in total. The lowest BCUT2D eigenvalue weighted by Crippen LogP contribution is -2.39. The van der Waals surface area contributed by atoms with E-state index < -0.39 is 0 Å². The van der Waals surface area contributed by atoms with Crippen LogP contribution in [-0.2, 0) is 0 Å². The number of aromatic nitrogens is 1. The van der Waals surface area contributed by atoms with E-state index in [9.17, 15) is 4.79 Å². The number of piperidine rings is 1. The van der Waals surface area contributed by atoms with E-state index in [1.165, 1.54) is 0 Å². The summed E-state index contributed by atoms with van der Waals surface area (Å²) >= 11 is 0. The number of rotatable bonds is 2. The van der Waals surface area contributed by atoms with Gasteiger partial charge in [-0.05, 0) is 44.0 Å². The maximum absolute atomic E-state index is 12.2. The molecule has 23 heavy (non-hydrogen) atoms. The van der Waals surface area contributed by atoms with Crippen molar-refractivity contribution >= 4 is 11.8 Å². The standard InChI is InChI=1S/C18H21N3O2/c1-13-16(19)7-8-17(20-13)14-9-11-21(12-10-14)18(22)23-15-5-3-2-4-6-15/h2-8,14H,9-12,19H2,1H3. The Balaban J connectivity index is 1.57. The van der Waals surface area contributed by atoms with Crippen molar-refractivity contribution in [3.05, 3.63) is 53.9 Å². The summed E-state index contributed by atoms with van der Waals surface area (Å²) in [6.45, 7) is 3.29. The summed E-state index contributed by atoms with van der Waals surface area (Å²) in [5, 5.41) is 0. The summed E-state index contributed by atoms with van der Waals surface area (Å²) in [4.78, 5) is 18.5. The number of para-hydroxylation sites is 1. The molecule has 0 aliphatic carbocycles. The first-order chi connectivity index (χ1) is 11.1. The van der Waals surface area contributed by atoms with Crippen LogP contribution in [0.4, 0.5) is 10.5 Å². The molecular weight excluding hydrogens is 290 g/mol. The van der Waals surface area contributed by atoms with E-state index in [1.54, 1.807) is 17.0 Å². The number of benzene rings is 1. The van der Waals surface area contributed by atoms with Gasteiger partial charge in [0.25, 0.3) is 0 Å². The van der Waals surface area contributed by atoms with Gasteiger partial charge in [-0.3, -0.25) is 4.98 Å². The van der Waals surface area contributed by atoms with Gasteiger partial charge in [-0.25, -0.2) is 4.79 Å². The highest BCUT2D eigenvalue weighted by atomic mass is 16.6. The van der Waals surface area contributed by atoms with E-state index in [1.807, 2.05) is 37.3 Å². The van der Waals surface area contributed by atoms with Crippen LogP contribution in [0.15, 0.2) is 42.5 Å². The third-order valence-corrected chi connectivity index (χ3v) is 4.27. The number of carbonyl (C=O) groups is 1. The summed E-state index contributed by atoms with van der Waals surface area (Å²) in [5.74, 6) is 0.950. The van der Waals surface area contributed by atoms with Crippen LogP contribution >= 0.6 is 0 Å². The molecule has 2 aromatic rings. The Morgan fingerprint density at radius 3 is 2.52 bits per heavy atom. The van der Waals surface area contributed by atoms with E-state index in [0.29, 0.717) is 24.8 Å².